The molecule has 1 aliphatic rings. The summed E-state index contributed by atoms with van der Waals surface area (Å²) in [5.41, 5.74) is 0. The van der Waals surface area contributed by atoms with Crippen LogP contribution in [0.25, 0.3) is 0 Å². The van der Waals surface area contributed by atoms with E-state index < -0.39 is 0 Å². The monoisotopic (exact) mass is 295 g/mol. The van der Waals surface area contributed by atoms with Gasteiger partial charge in [-0.1, -0.05) is 19.9 Å². The van der Waals surface area contributed by atoms with Crippen molar-refractivity contribution in [3.8, 4) is 0 Å². The number of amides is 1. The number of carbonyl (C=O) groups excluding carboxylic acids is 1. The molecule has 1 aliphatic heterocycles. The summed E-state index contributed by atoms with van der Waals surface area (Å²) >= 11 is 1.81. The molecule has 1 fully saturated rings. The van der Waals surface area contributed by atoms with E-state index in [0.717, 1.165) is 39.3 Å². The minimum Gasteiger partial charge on any atom is -0.340 e. The highest BCUT2D eigenvalue weighted by Crippen LogP contribution is 2.13. The molecule has 0 spiro atoms. The van der Waals surface area contributed by atoms with Crippen molar-refractivity contribution < 1.29 is 4.79 Å². The summed E-state index contributed by atoms with van der Waals surface area (Å²) in [6.07, 6.45) is 0.614. The molecule has 0 aromatic carbocycles. The second-order valence-corrected chi connectivity index (χ2v) is 6.63. The maximum Gasteiger partial charge on any atom is 0.223 e. The Kier molecular flexibility index (Phi) is 6.01. The van der Waals surface area contributed by atoms with E-state index in [1.807, 2.05) is 4.90 Å². The Bertz CT molecular complexity index is 397. The van der Waals surface area contributed by atoms with Crippen molar-refractivity contribution in [2.75, 3.05) is 32.7 Å². The molecule has 2 heterocycles. The molecule has 4 nitrogen and oxygen atoms in total. The van der Waals surface area contributed by atoms with Gasteiger partial charge in [-0.25, -0.2) is 0 Å². The van der Waals surface area contributed by atoms with E-state index in [0.29, 0.717) is 12.5 Å². The molecule has 0 saturated carbocycles. The van der Waals surface area contributed by atoms with E-state index in [9.17, 15) is 4.79 Å². The molecular weight excluding hydrogens is 270 g/mol. The van der Waals surface area contributed by atoms with Crippen LogP contribution in [-0.2, 0) is 11.3 Å². The Labute approximate surface area is 125 Å². The first-order chi connectivity index (χ1) is 9.65. The SMILES string of the molecule is CC(C)NCCC(=O)N1CCN(Cc2cccs2)CC1. The fourth-order valence-electron chi connectivity index (χ4n) is 2.40. The average Bonchev–Trinajstić information content (AvgIpc) is 2.92. The maximum atomic E-state index is 12.1. The standard InChI is InChI=1S/C15H25N3OS/c1-13(2)16-6-5-15(19)18-9-7-17(8-10-18)12-14-4-3-11-20-14/h3-4,11,13,16H,5-10,12H2,1-2H3. The molecule has 0 aliphatic carbocycles. The minimum absolute atomic E-state index is 0.286. The van der Waals surface area contributed by atoms with Gasteiger partial charge >= 0.3 is 0 Å². The minimum atomic E-state index is 0.286. The van der Waals surface area contributed by atoms with Crippen molar-refractivity contribution in [2.24, 2.45) is 0 Å². The Morgan fingerprint density at radius 2 is 2.10 bits per heavy atom. The van der Waals surface area contributed by atoms with Crippen LogP contribution in [0.3, 0.4) is 0 Å². The number of hydrogen-bond donors (Lipinski definition) is 1. The summed E-state index contributed by atoms with van der Waals surface area (Å²) in [4.78, 5) is 17.9. The zero-order valence-corrected chi connectivity index (χ0v) is 13.3. The predicted octanol–water partition coefficient (Wildman–Crippen LogP) is 1.78. The highest BCUT2D eigenvalue weighted by atomic mass is 32.1. The number of thiophene rings is 1. The molecule has 0 radical (unpaired) electrons. The summed E-state index contributed by atoms with van der Waals surface area (Å²) in [5.74, 6) is 0.286. The first-order valence-electron chi connectivity index (χ1n) is 7.41. The number of nitrogens with zero attached hydrogens (tertiary/aromatic N) is 2. The molecule has 1 amide bonds. The van der Waals surface area contributed by atoms with Gasteiger partial charge in [0, 0.05) is 56.6 Å². The summed E-state index contributed by atoms with van der Waals surface area (Å²) in [7, 11) is 0. The molecule has 0 atom stereocenters. The molecule has 112 valence electrons. The average molecular weight is 295 g/mol. The third kappa shape index (κ3) is 4.89. The number of hydrogen-bond acceptors (Lipinski definition) is 4. The van der Waals surface area contributed by atoms with Gasteiger partial charge in [-0.05, 0) is 11.4 Å². The van der Waals surface area contributed by atoms with Crippen LogP contribution in [0, 0.1) is 0 Å². The fourth-order valence-corrected chi connectivity index (χ4v) is 3.15. The molecule has 0 bridgehead atoms. The largest absolute Gasteiger partial charge is 0.340 e. The third-order valence-corrected chi connectivity index (χ3v) is 4.44. The summed E-state index contributed by atoms with van der Waals surface area (Å²) in [6.45, 7) is 9.72. The lowest BCUT2D eigenvalue weighted by Gasteiger charge is -2.34. The summed E-state index contributed by atoms with van der Waals surface area (Å²) in [6, 6.07) is 4.73. The fraction of sp³-hybridized carbons (Fsp3) is 0.667. The van der Waals surface area contributed by atoms with Gasteiger partial charge in [-0.2, -0.15) is 0 Å². The Morgan fingerprint density at radius 3 is 2.70 bits per heavy atom. The van der Waals surface area contributed by atoms with E-state index >= 15 is 0 Å². The van der Waals surface area contributed by atoms with E-state index in [4.69, 9.17) is 0 Å². The normalized spacial score (nSPS) is 16.9. The maximum absolute atomic E-state index is 12.1. The third-order valence-electron chi connectivity index (χ3n) is 3.58. The van der Waals surface area contributed by atoms with Gasteiger partial charge in [0.05, 0.1) is 0 Å². The smallest absolute Gasteiger partial charge is 0.223 e. The molecule has 1 N–H and O–H groups in total. The van der Waals surface area contributed by atoms with Crippen LogP contribution in [0.4, 0.5) is 0 Å². The van der Waals surface area contributed by atoms with Crippen LogP contribution < -0.4 is 5.32 Å². The van der Waals surface area contributed by atoms with Crippen LogP contribution in [0.1, 0.15) is 25.1 Å². The van der Waals surface area contributed by atoms with Crippen molar-refractivity contribution in [2.45, 2.75) is 32.9 Å². The van der Waals surface area contributed by atoms with Crippen molar-refractivity contribution in [3.05, 3.63) is 22.4 Å². The van der Waals surface area contributed by atoms with E-state index in [1.54, 1.807) is 11.3 Å². The molecule has 5 heteroatoms. The van der Waals surface area contributed by atoms with Gasteiger partial charge in [0.15, 0.2) is 0 Å². The lowest BCUT2D eigenvalue weighted by atomic mass is 10.2. The molecule has 20 heavy (non-hydrogen) atoms. The van der Waals surface area contributed by atoms with E-state index in [2.05, 4.69) is 41.6 Å². The number of carbonyl (C=O) groups is 1. The van der Waals surface area contributed by atoms with Crippen LogP contribution in [-0.4, -0.2) is 54.5 Å². The van der Waals surface area contributed by atoms with Crippen molar-refractivity contribution in [1.29, 1.82) is 0 Å². The quantitative estimate of drug-likeness (QED) is 0.869. The van der Waals surface area contributed by atoms with Gasteiger partial charge in [0.1, 0.15) is 0 Å². The highest BCUT2D eigenvalue weighted by Gasteiger charge is 2.20. The van der Waals surface area contributed by atoms with Gasteiger partial charge in [0.2, 0.25) is 5.91 Å². The van der Waals surface area contributed by atoms with Crippen LogP contribution >= 0.6 is 11.3 Å². The number of nitrogens with one attached hydrogen (secondary N) is 1. The van der Waals surface area contributed by atoms with Crippen molar-refractivity contribution >= 4 is 17.2 Å². The van der Waals surface area contributed by atoms with E-state index in [-0.39, 0.29) is 5.91 Å². The lowest BCUT2D eigenvalue weighted by Crippen LogP contribution is -2.48. The number of piperazine rings is 1. The molecular formula is C15H25N3OS. The zero-order valence-electron chi connectivity index (χ0n) is 12.5. The van der Waals surface area contributed by atoms with Crippen LogP contribution in [0.15, 0.2) is 17.5 Å². The molecule has 0 unspecified atom stereocenters. The van der Waals surface area contributed by atoms with Crippen molar-refractivity contribution in [1.82, 2.24) is 15.1 Å². The molecule has 1 saturated heterocycles. The van der Waals surface area contributed by atoms with Gasteiger partial charge < -0.3 is 10.2 Å². The highest BCUT2D eigenvalue weighted by molar-refractivity contribution is 7.09. The van der Waals surface area contributed by atoms with Crippen molar-refractivity contribution in [3.63, 3.8) is 0 Å². The summed E-state index contributed by atoms with van der Waals surface area (Å²) in [5, 5.41) is 5.42. The van der Waals surface area contributed by atoms with Crippen LogP contribution in [0.2, 0.25) is 0 Å². The van der Waals surface area contributed by atoms with Gasteiger partial charge in [0.25, 0.3) is 0 Å². The topological polar surface area (TPSA) is 35.6 Å². The first kappa shape index (κ1) is 15.5. The first-order valence-corrected chi connectivity index (χ1v) is 8.29. The second kappa shape index (κ2) is 7.76. The molecule has 2 rings (SSSR count). The Morgan fingerprint density at radius 1 is 1.35 bits per heavy atom. The predicted molar refractivity (Wildman–Crippen MR) is 83.9 cm³/mol. The Hall–Kier alpha value is -0.910. The molecule has 1 aromatic rings. The van der Waals surface area contributed by atoms with Gasteiger partial charge in [-0.15, -0.1) is 11.3 Å². The second-order valence-electron chi connectivity index (χ2n) is 5.60. The van der Waals surface area contributed by atoms with Crippen LogP contribution in [0.5, 0.6) is 0 Å². The zero-order chi connectivity index (χ0) is 14.4. The Balaban J connectivity index is 1.67. The number of rotatable bonds is 6. The van der Waals surface area contributed by atoms with E-state index in [1.165, 1.54) is 4.88 Å². The van der Waals surface area contributed by atoms with Gasteiger partial charge in [-0.3, -0.25) is 9.69 Å². The lowest BCUT2D eigenvalue weighted by molar-refractivity contribution is -0.132. The molecule has 1 aromatic heterocycles. The summed E-state index contributed by atoms with van der Waals surface area (Å²) < 4.78 is 0.